The minimum absolute atomic E-state index is 0.116. The molecule has 0 unspecified atom stereocenters. The molecule has 0 N–H and O–H groups in total. The summed E-state index contributed by atoms with van der Waals surface area (Å²) in [6.07, 6.45) is 3.14. The molecule has 0 fully saturated rings. The van der Waals surface area contributed by atoms with Crippen molar-refractivity contribution in [2.24, 2.45) is 0 Å². The van der Waals surface area contributed by atoms with Gasteiger partial charge in [0.1, 0.15) is 0 Å². The second-order valence-corrected chi connectivity index (χ2v) is 9.76. The molecule has 1 aliphatic rings. The minimum Gasteiger partial charge on any atom is -0.407 e. The van der Waals surface area contributed by atoms with E-state index in [1.807, 2.05) is 0 Å². The van der Waals surface area contributed by atoms with Crippen LogP contribution in [0.25, 0.3) is 11.1 Å². The second kappa shape index (κ2) is 8.23. The highest BCUT2D eigenvalue weighted by Gasteiger charge is 2.24. The molecular formula is C21H21N3O7S. The summed E-state index contributed by atoms with van der Waals surface area (Å²) in [6, 6.07) is 8.77. The standard InChI is InChI=1S/C21H21N3O7S/c1-32(29,30)16-7-9-17-14(12-16)4-2-10-22(17)20(25)5-3-11-23-18-8-6-15(24(27)28)13-19(18)31-21(23)26/h6-9,12-13H,2-5,10-11H2,1H3. The van der Waals surface area contributed by atoms with E-state index in [2.05, 4.69) is 0 Å². The Morgan fingerprint density at radius 1 is 1.22 bits per heavy atom. The zero-order valence-corrected chi connectivity index (χ0v) is 18.1. The molecule has 1 aliphatic heterocycles. The molecule has 0 spiro atoms. The maximum atomic E-state index is 12.9. The van der Waals surface area contributed by atoms with Gasteiger partial charge in [-0.25, -0.2) is 13.2 Å². The third kappa shape index (κ3) is 4.15. The molecule has 0 radical (unpaired) electrons. The smallest absolute Gasteiger partial charge is 0.407 e. The van der Waals surface area contributed by atoms with Crippen LogP contribution in [0.2, 0.25) is 0 Å². The first-order chi connectivity index (χ1) is 15.1. The van der Waals surface area contributed by atoms with Gasteiger partial charge in [0.25, 0.3) is 5.69 Å². The number of non-ortho nitro benzene ring substituents is 1. The lowest BCUT2D eigenvalue weighted by molar-refractivity contribution is -0.384. The number of carbonyl (C=O) groups excluding carboxylic acids is 1. The second-order valence-electron chi connectivity index (χ2n) is 7.74. The van der Waals surface area contributed by atoms with Crippen LogP contribution in [0.15, 0.2) is 50.5 Å². The summed E-state index contributed by atoms with van der Waals surface area (Å²) in [5.41, 5.74) is 1.93. The van der Waals surface area contributed by atoms with Crippen molar-refractivity contribution in [3.63, 3.8) is 0 Å². The number of anilines is 1. The maximum Gasteiger partial charge on any atom is 0.419 e. The Hall–Kier alpha value is -3.47. The van der Waals surface area contributed by atoms with E-state index in [0.717, 1.165) is 18.2 Å². The lowest BCUT2D eigenvalue weighted by Crippen LogP contribution is -2.35. The number of rotatable bonds is 6. The van der Waals surface area contributed by atoms with Gasteiger partial charge in [-0.2, -0.15) is 0 Å². The van der Waals surface area contributed by atoms with Crippen molar-refractivity contribution >= 4 is 38.2 Å². The number of hydrogen-bond acceptors (Lipinski definition) is 7. The van der Waals surface area contributed by atoms with Crippen molar-refractivity contribution < 1.29 is 22.6 Å². The Bertz CT molecular complexity index is 1390. The first-order valence-electron chi connectivity index (χ1n) is 10.1. The van der Waals surface area contributed by atoms with Crippen molar-refractivity contribution in [1.82, 2.24) is 4.57 Å². The molecule has 4 rings (SSSR count). The number of nitrogens with zero attached hydrogens (tertiary/aromatic N) is 3. The number of aromatic nitrogens is 1. The Morgan fingerprint density at radius 3 is 2.72 bits per heavy atom. The largest absolute Gasteiger partial charge is 0.419 e. The predicted octanol–water partition coefficient (Wildman–Crippen LogP) is 2.67. The molecule has 11 heteroatoms. The van der Waals surface area contributed by atoms with Crippen molar-refractivity contribution in [1.29, 1.82) is 0 Å². The van der Waals surface area contributed by atoms with Gasteiger partial charge >= 0.3 is 5.76 Å². The fraction of sp³-hybridized carbons (Fsp3) is 0.333. The molecule has 168 valence electrons. The highest BCUT2D eigenvalue weighted by atomic mass is 32.2. The molecule has 10 nitrogen and oxygen atoms in total. The normalized spacial score (nSPS) is 13.8. The van der Waals surface area contributed by atoms with Gasteiger partial charge in [0.15, 0.2) is 15.4 Å². The minimum atomic E-state index is -3.32. The Morgan fingerprint density at radius 2 is 2.00 bits per heavy atom. The van der Waals surface area contributed by atoms with Crippen LogP contribution in [0.4, 0.5) is 11.4 Å². The van der Waals surface area contributed by atoms with E-state index in [0.29, 0.717) is 30.6 Å². The van der Waals surface area contributed by atoms with Crippen molar-refractivity contribution in [3.8, 4) is 0 Å². The summed E-state index contributed by atoms with van der Waals surface area (Å²) in [5, 5.41) is 10.9. The third-order valence-electron chi connectivity index (χ3n) is 5.53. The summed E-state index contributed by atoms with van der Waals surface area (Å²) >= 11 is 0. The number of nitro benzene ring substituents is 1. The summed E-state index contributed by atoms with van der Waals surface area (Å²) < 4.78 is 30.1. The molecule has 0 saturated heterocycles. The molecule has 2 aromatic carbocycles. The van der Waals surface area contributed by atoms with Crippen LogP contribution in [0, 0.1) is 10.1 Å². The summed E-state index contributed by atoms with van der Waals surface area (Å²) in [5.74, 6) is -0.751. The zero-order chi connectivity index (χ0) is 23.0. The zero-order valence-electron chi connectivity index (χ0n) is 17.3. The van der Waals surface area contributed by atoms with Crippen LogP contribution in [-0.4, -0.2) is 36.6 Å². The molecule has 2 heterocycles. The van der Waals surface area contributed by atoms with E-state index in [9.17, 15) is 28.1 Å². The van der Waals surface area contributed by atoms with E-state index in [1.54, 1.807) is 17.0 Å². The number of fused-ring (bicyclic) bond motifs is 2. The number of carbonyl (C=O) groups is 1. The molecule has 32 heavy (non-hydrogen) atoms. The first-order valence-corrected chi connectivity index (χ1v) is 12.0. The molecule has 0 saturated carbocycles. The Kier molecular flexibility index (Phi) is 5.59. The molecule has 0 atom stereocenters. The van der Waals surface area contributed by atoms with Crippen molar-refractivity contribution in [2.45, 2.75) is 37.1 Å². The highest BCUT2D eigenvalue weighted by molar-refractivity contribution is 7.90. The lowest BCUT2D eigenvalue weighted by Gasteiger charge is -2.30. The number of aryl methyl sites for hydroxylation is 2. The molecule has 0 bridgehead atoms. The van der Waals surface area contributed by atoms with E-state index in [1.165, 1.54) is 28.8 Å². The van der Waals surface area contributed by atoms with Crippen LogP contribution >= 0.6 is 0 Å². The van der Waals surface area contributed by atoms with E-state index < -0.39 is 20.5 Å². The van der Waals surface area contributed by atoms with Crippen LogP contribution < -0.4 is 10.7 Å². The van der Waals surface area contributed by atoms with Gasteiger partial charge in [-0.15, -0.1) is 0 Å². The number of benzene rings is 2. The van der Waals surface area contributed by atoms with Gasteiger partial charge in [-0.05, 0) is 49.1 Å². The predicted molar refractivity (Wildman–Crippen MR) is 117 cm³/mol. The lowest BCUT2D eigenvalue weighted by atomic mass is 10.0. The van der Waals surface area contributed by atoms with Gasteiger partial charge in [0.2, 0.25) is 5.91 Å². The van der Waals surface area contributed by atoms with Crippen LogP contribution in [0.5, 0.6) is 0 Å². The fourth-order valence-corrected chi connectivity index (χ4v) is 4.64. The number of hydrogen-bond donors (Lipinski definition) is 0. The van der Waals surface area contributed by atoms with E-state index in [-0.39, 0.29) is 35.0 Å². The quantitative estimate of drug-likeness (QED) is 0.409. The first kappa shape index (κ1) is 21.8. The fourth-order valence-electron chi connectivity index (χ4n) is 3.97. The van der Waals surface area contributed by atoms with Crippen LogP contribution in [0.1, 0.15) is 24.8 Å². The topological polar surface area (TPSA) is 133 Å². The number of amides is 1. The third-order valence-corrected chi connectivity index (χ3v) is 6.64. The van der Waals surface area contributed by atoms with Gasteiger partial charge < -0.3 is 9.32 Å². The highest BCUT2D eigenvalue weighted by Crippen LogP contribution is 2.30. The van der Waals surface area contributed by atoms with Crippen LogP contribution in [-0.2, 0) is 27.6 Å². The van der Waals surface area contributed by atoms with E-state index in [4.69, 9.17) is 4.42 Å². The molecule has 1 amide bonds. The Balaban J connectivity index is 1.47. The summed E-state index contributed by atoms with van der Waals surface area (Å²) in [7, 11) is -3.32. The van der Waals surface area contributed by atoms with Gasteiger partial charge in [0.05, 0.1) is 21.4 Å². The number of oxazole rings is 1. The van der Waals surface area contributed by atoms with Crippen LogP contribution in [0.3, 0.4) is 0 Å². The van der Waals surface area contributed by atoms with Gasteiger partial charge in [-0.1, -0.05) is 0 Å². The van der Waals surface area contributed by atoms with Gasteiger partial charge in [-0.3, -0.25) is 19.5 Å². The maximum absolute atomic E-state index is 12.9. The number of sulfone groups is 1. The van der Waals surface area contributed by atoms with Gasteiger partial charge in [0, 0.05) is 37.5 Å². The van der Waals surface area contributed by atoms with Crippen molar-refractivity contribution in [2.75, 3.05) is 17.7 Å². The average Bonchev–Trinajstić information content (AvgIpc) is 3.06. The van der Waals surface area contributed by atoms with E-state index >= 15 is 0 Å². The monoisotopic (exact) mass is 459 g/mol. The molecule has 3 aromatic rings. The Labute approximate surface area is 183 Å². The summed E-state index contributed by atoms with van der Waals surface area (Å²) in [4.78, 5) is 37.2. The number of nitro groups is 1. The molecular weight excluding hydrogens is 438 g/mol. The molecule has 1 aromatic heterocycles. The molecule has 0 aliphatic carbocycles. The SMILES string of the molecule is CS(=O)(=O)c1ccc2c(c1)CCCN2C(=O)CCCn1c(=O)oc2cc([N+](=O)[O-])ccc21. The van der Waals surface area contributed by atoms with Crippen molar-refractivity contribution in [3.05, 3.63) is 62.6 Å². The summed E-state index contributed by atoms with van der Waals surface area (Å²) in [6.45, 7) is 0.769. The average molecular weight is 459 g/mol.